The number of hydrogen-bond acceptors (Lipinski definition) is 6. The summed E-state index contributed by atoms with van der Waals surface area (Å²) in [6, 6.07) is 1.24. The average Bonchev–Trinajstić information content (AvgIpc) is 2.89. The molecule has 0 aromatic rings. The first-order chi connectivity index (χ1) is 12.6. The van der Waals surface area contributed by atoms with Crippen molar-refractivity contribution < 1.29 is 33.8 Å². The lowest BCUT2D eigenvalue weighted by atomic mass is 10.2. The predicted octanol–water partition coefficient (Wildman–Crippen LogP) is 3.91. The van der Waals surface area contributed by atoms with Gasteiger partial charge in [-0.3, -0.25) is 0 Å². The molecule has 0 radical (unpaired) electrons. The van der Waals surface area contributed by atoms with Crippen molar-refractivity contribution in [3.05, 3.63) is 50.1 Å². The van der Waals surface area contributed by atoms with Crippen molar-refractivity contribution in [1.82, 2.24) is 0 Å². The van der Waals surface area contributed by atoms with E-state index in [1.54, 1.807) is 0 Å². The molecule has 0 atom stereocenters. The lowest BCUT2D eigenvalue weighted by Gasteiger charge is -2.17. The average molecular weight is 413 g/mol. The summed E-state index contributed by atoms with van der Waals surface area (Å²) in [5.41, 5.74) is -0.398. The summed E-state index contributed by atoms with van der Waals surface area (Å²) in [5, 5.41) is 7.60. The molecule has 1 aliphatic rings. The number of hydrogen-bond donors (Lipinski definition) is 1. The molecule has 0 aromatic carbocycles. The van der Waals surface area contributed by atoms with Gasteiger partial charge in [-0.25, -0.2) is 19.2 Å². The Balaban J connectivity index is -0.000000304. The number of carboxylic acid groups (broad SMARTS) is 1. The van der Waals surface area contributed by atoms with E-state index in [4.69, 9.17) is 9.84 Å². The molecule has 1 N–H and O–H groups in total. The first-order valence-electron chi connectivity index (χ1n) is 8.33. The lowest BCUT2D eigenvalue weighted by molar-refractivity contribution is -0.151. The van der Waals surface area contributed by atoms with Gasteiger partial charge in [-0.05, 0) is 26.8 Å². The van der Waals surface area contributed by atoms with Crippen LogP contribution in [-0.2, 0) is 28.7 Å². The smallest absolute Gasteiger partial charge is 0.338 e. The van der Waals surface area contributed by atoms with E-state index in [1.807, 2.05) is 26.8 Å². The van der Waals surface area contributed by atoms with Crippen LogP contribution in [0.25, 0.3) is 0 Å². The third-order valence-electron chi connectivity index (χ3n) is 2.06. The van der Waals surface area contributed by atoms with Gasteiger partial charge < -0.3 is 14.6 Å². The first kappa shape index (κ1) is 30.0. The fraction of sp³-hybridized carbons (Fsp3) is 0.400. The van der Waals surface area contributed by atoms with Crippen LogP contribution < -0.4 is 0 Å². The Hall–Kier alpha value is -2.74. The summed E-state index contributed by atoms with van der Waals surface area (Å²) in [7, 11) is -0.775. The summed E-state index contributed by atoms with van der Waals surface area (Å²) in [4.78, 5) is 39.6. The Kier molecular flexibility index (Phi) is 16.4. The molecule has 8 heteroatoms. The molecule has 0 spiro atoms. The summed E-state index contributed by atoms with van der Waals surface area (Å²) in [6.07, 6.45) is 6.18. The Morgan fingerprint density at radius 2 is 1.46 bits per heavy atom. The minimum atomic E-state index is -0.981. The number of allylic oxidation sites excluding steroid dienone is 1. The minimum Gasteiger partial charge on any atom is -0.478 e. The molecular formula is C20H32O7Si. The molecule has 0 saturated heterocycles. The second-order valence-corrected chi connectivity index (χ2v) is 12.9. The van der Waals surface area contributed by atoms with E-state index in [-0.39, 0.29) is 5.97 Å². The summed E-state index contributed by atoms with van der Waals surface area (Å²) in [5.74, 6) is -2.51. The zero-order valence-corrected chi connectivity index (χ0v) is 18.6. The summed E-state index contributed by atoms with van der Waals surface area (Å²) >= 11 is 0. The van der Waals surface area contributed by atoms with Gasteiger partial charge in [0.1, 0.15) is 5.60 Å². The van der Waals surface area contributed by atoms with E-state index in [9.17, 15) is 19.2 Å². The van der Waals surface area contributed by atoms with Crippen LogP contribution in [0.4, 0.5) is 0 Å². The van der Waals surface area contributed by atoms with Crippen LogP contribution in [0.2, 0.25) is 25.7 Å². The topological polar surface area (TPSA) is 107 Å². The maximum Gasteiger partial charge on any atom is 0.338 e. The van der Waals surface area contributed by atoms with Crippen LogP contribution in [0.15, 0.2) is 50.1 Å². The fourth-order valence-electron chi connectivity index (χ4n) is 1.08. The van der Waals surface area contributed by atoms with Crippen molar-refractivity contribution in [1.29, 1.82) is 0 Å². The molecule has 0 unspecified atom stereocenters. The molecule has 0 aliphatic carbocycles. The maximum atomic E-state index is 10.5. The van der Waals surface area contributed by atoms with Gasteiger partial charge in [-0.1, -0.05) is 38.9 Å². The summed E-state index contributed by atoms with van der Waals surface area (Å²) in [6.45, 7) is 22.4. The van der Waals surface area contributed by atoms with Crippen LogP contribution in [-0.4, -0.2) is 42.7 Å². The van der Waals surface area contributed by atoms with Gasteiger partial charge in [0.25, 0.3) is 0 Å². The number of cyclic esters (lactones) is 2. The van der Waals surface area contributed by atoms with Gasteiger partial charge in [0.2, 0.25) is 0 Å². The number of carboxylic acids is 1. The SMILES string of the molecule is C=CC(=O)O.C=CC(=O)OC(C)(C)C.C=CC[Si](C)(C)C.O=C1C=CC(=O)O1. The highest BCUT2D eigenvalue weighted by molar-refractivity contribution is 6.76. The van der Waals surface area contributed by atoms with Crippen LogP contribution in [0.3, 0.4) is 0 Å². The molecule has 0 bridgehead atoms. The Labute approximate surface area is 168 Å². The summed E-state index contributed by atoms with van der Waals surface area (Å²) < 4.78 is 8.80. The first-order valence-corrected chi connectivity index (χ1v) is 12.0. The van der Waals surface area contributed by atoms with Gasteiger partial charge in [-0.15, -0.1) is 6.58 Å². The van der Waals surface area contributed by atoms with Crippen LogP contribution in [0, 0.1) is 0 Å². The van der Waals surface area contributed by atoms with Crippen molar-refractivity contribution in [2.75, 3.05) is 0 Å². The number of ether oxygens (including phenoxy) is 2. The van der Waals surface area contributed by atoms with Gasteiger partial charge in [0, 0.05) is 32.4 Å². The molecule has 0 saturated carbocycles. The van der Waals surface area contributed by atoms with Crippen LogP contribution in [0.1, 0.15) is 20.8 Å². The van der Waals surface area contributed by atoms with E-state index in [0.717, 1.165) is 24.3 Å². The van der Waals surface area contributed by atoms with Crippen molar-refractivity contribution in [2.45, 2.75) is 52.1 Å². The molecular weight excluding hydrogens is 380 g/mol. The molecule has 7 nitrogen and oxygen atoms in total. The molecule has 0 aromatic heterocycles. The van der Waals surface area contributed by atoms with Gasteiger partial charge in [0.15, 0.2) is 0 Å². The quantitative estimate of drug-likeness (QED) is 0.245. The van der Waals surface area contributed by atoms with Crippen molar-refractivity contribution in [2.24, 2.45) is 0 Å². The highest BCUT2D eigenvalue weighted by atomic mass is 28.3. The highest BCUT2D eigenvalue weighted by Crippen LogP contribution is 2.07. The van der Waals surface area contributed by atoms with E-state index >= 15 is 0 Å². The third kappa shape index (κ3) is 31.1. The third-order valence-corrected chi connectivity index (χ3v) is 3.57. The van der Waals surface area contributed by atoms with E-state index in [0.29, 0.717) is 0 Å². The molecule has 28 heavy (non-hydrogen) atoms. The molecule has 1 aliphatic heterocycles. The van der Waals surface area contributed by atoms with E-state index in [1.165, 1.54) is 6.04 Å². The number of carbonyl (C=O) groups is 4. The van der Waals surface area contributed by atoms with Gasteiger partial charge >= 0.3 is 23.9 Å². The molecule has 1 rings (SSSR count). The minimum absolute atomic E-state index is 0.373. The number of carbonyl (C=O) groups excluding carboxylic acids is 3. The fourth-order valence-corrected chi connectivity index (χ4v) is 1.95. The molecule has 1 heterocycles. The largest absolute Gasteiger partial charge is 0.478 e. The number of esters is 3. The van der Waals surface area contributed by atoms with Crippen molar-refractivity contribution in [3.63, 3.8) is 0 Å². The monoisotopic (exact) mass is 412 g/mol. The molecule has 0 fully saturated rings. The zero-order valence-electron chi connectivity index (χ0n) is 17.6. The second-order valence-electron chi connectivity index (χ2n) is 7.41. The highest BCUT2D eigenvalue weighted by Gasteiger charge is 2.13. The van der Waals surface area contributed by atoms with Crippen molar-refractivity contribution in [3.8, 4) is 0 Å². The normalized spacial score (nSPS) is 11.8. The van der Waals surface area contributed by atoms with E-state index < -0.39 is 31.6 Å². The molecule has 158 valence electrons. The number of rotatable bonds is 4. The van der Waals surface area contributed by atoms with Crippen LogP contribution in [0.5, 0.6) is 0 Å². The second kappa shape index (κ2) is 15.3. The lowest BCUT2D eigenvalue weighted by Crippen LogP contribution is -2.22. The van der Waals surface area contributed by atoms with Gasteiger partial charge in [0.05, 0.1) is 0 Å². The maximum absolute atomic E-state index is 10.5. The molecule has 0 amide bonds. The number of aliphatic carboxylic acids is 1. The van der Waals surface area contributed by atoms with Crippen LogP contribution >= 0.6 is 0 Å². The Morgan fingerprint density at radius 3 is 1.54 bits per heavy atom. The van der Waals surface area contributed by atoms with Crippen molar-refractivity contribution >= 4 is 32.0 Å². The predicted molar refractivity (Wildman–Crippen MR) is 112 cm³/mol. The Bertz CT molecular complexity index is 575. The zero-order chi connectivity index (χ0) is 23.0. The standard InChI is InChI=1S/C7H12O2.C6H14Si.C4H2O3.C3H4O2/c1-5-6(8)9-7(2,3)4;1-5-6-7(2,3)4;5-3-1-2-4(6)7-3;1-2-3(4)5/h5H,1H2,2-4H3;5H,1,6H2,2-4H3;1-2H;2H,1H2,(H,4,5). The Morgan fingerprint density at radius 1 is 1.07 bits per heavy atom. The van der Waals surface area contributed by atoms with Gasteiger partial charge in [-0.2, -0.15) is 0 Å². The van der Waals surface area contributed by atoms with E-state index in [2.05, 4.69) is 44.1 Å².